The van der Waals surface area contributed by atoms with E-state index < -0.39 is 0 Å². The lowest BCUT2D eigenvalue weighted by molar-refractivity contribution is 0.385. The lowest BCUT2D eigenvalue weighted by atomic mass is 10.3. The molecule has 3 N–H and O–H groups in total. The first-order valence-electron chi connectivity index (χ1n) is 8.82. The highest BCUT2D eigenvalue weighted by molar-refractivity contribution is 7.19. The molecular formula is C18H16N8O2S. The molecule has 0 aliphatic rings. The third kappa shape index (κ3) is 2.96. The minimum atomic E-state index is -0.215. The van der Waals surface area contributed by atoms with Gasteiger partial charge in [0, 0.05) is 25.1 Å². The Morgan fingerprint density at radius 3 is 2.93 bits per heavy atom. The molecule has 5 aromatic rings. The van der Waals surface area contributed by atoms with Crippen molar-refractivity contribution in [1.29, 1.82) is 0 Å². The normalized spacial score (nSPS) is 11.5. The molecule has 0 saturated carbocycles. The fourth-order valence-electron chi connectivity index (χ4n) is 3.35. The highest BCUT2D eigenvalue weighted by Crippen LogP contribution is 2.31. The Hall–Kier alpha value is -3.57. The summed E-state index contributed by atoms with van der Waals surface area (Å²) in [5.41, 5.74) is 4.63. The van der Waals surface area contributed by atoms with E-state index in [0.717, 1.165) is 26.4 Å². The van der Waals surface area contributed by atoms with Gasteiger partial charge in [-0.15, -0.1) is 11.3 Å². The van der Waals surface area contributed by atoms with Crippen LogP contribution in [0.25, 0.3) is 21.3 Å². The largest absolute Gasteiger partial charge is 0.323 e. The SMILES string of the molecule is Cn1c2nc(Cc3cc[nH]n3)sc2c2cnn(Cc3cccc(NO)n3)c(=O)c21. The molecule has 0 aliphatic heterocycles. The first-order chi connectivity index (χ1) is 14.1. The van der Waals surface area contributed by atoms with Crippen LogP contribution in [0, 0.1) is 0 Å². The van der Waals surface area contributed by atoms with Gasteiger partial charge in [-0.3, -0.25) is 20.6 Å². The second-order valence-corrected chi connectivity index (χ2v) is 7.64. The second kappa shape index (κ2) is 6.79. The van der Waals surface area contributed by atoms with Crippen molar-refractivity contribution in [3.05, 3.63) is 63.4 Å². The van der Waals surface area contributed by atoms with Gasteiger partial charge < -0.3 is 4.57 Å². The molecule has 0 saturated heterocycles. The van der Waals surface area contributed by atoms with Crippen molar-refractivity contribution in [3.8, 4) is 0 Å². The third-order valence-electron chi connectivity index (χ3n) is 4.69. The molecule has 5 aromatic heterocycles. The van der Waals surface area contributed by atoms with Crippen LogP contribution in [0.5, 0.6) is 0 Å². The van der Waals surface area contributed by atoms with Crippen molar-refractivity contribution < 1.29 is 5.21 Å². The highest BCUT2D eigenvalue weighted by Gasteiger charge is 2.18. The van der Waals surface area contributed by atoms with Gasteiger partial charge in [0.25, 0.3) is 5.56 Å². The Morgan fingerprint density at radius 2 is 2.14 bits per heavy atom. The van der Waals surface area contributed by atoms with Crippen LogP contribution >= 0.6 is 11.3 Å². The standard InChI is InChI=1S/C18H16N8O2S/c1-25-15-12(16-17(25)22-14(29-16)7-10-5-6-19-23-10)8-20-26(18(15)27)9-11-3-2-4-13(21-11)24-28/h2-6,8,28H,7,9H2,1H3,(H,19,23)(H,21,24). The van der Waals surface area contributed by atoms with Crippen LogP contribution in [0.3, 0.4) is 0 Å². The number of thiazole rings is 1. The molecule has 0 radical (unpaired) electrons. The van der Waals surface area contributed by atoms with Gasteiger partial charge in [-0.25, -0.2) is 14.6 Å². The van der Waals surface area contributed by atoms with Crippen LogP contribution in [0.4, 0.5) is 5.82 Å². The van der Waals surface area contributed by atoms with Crippen LogP contribution in [-0.4, -0.2) is 39.7 Å². The fourth-order valence-corrected chi connectivity index (χ4v) is 4.47. The molecular weight excluding hydrogens is 392 g/mol. The van der Waals surface area contributed by atoms with Gasteiger partial charge in [0.15, 0.2) is 5.65 Å². The van der Waals surface area contributed by atoms with Crippen LogP contribution < -0.4 is 11.0 Å². The Balaban J connectivity index is 1.56. The zero-order valence-corrected chi connectivity index (χ0v) is 16.1. The van der Waals surface area contributed by atoms with Crippen LogP contribution in [-0.2, 0) is 20.0 Å². The molecule has 11 heteroatoms. The lowest BCUT2D eigenvalue weighted by Gasteiger charge is -2.06. The molecule has 0 spiro atoms. The molecule has 29 heavy (non-hydrogen) atoms. The molecule has 0 aliphatic carbocycles. The van der Waals surface area contributed by atoms with Crippen molar-refractivity contribution >= 4 is 38.4 Å². The molecule has 0 fully saturated rings. The highest BCUT2D eigenvalue weighted by atomic mass is 32.1. The Morgan fingerprint density at radius 1 is 1.24 bits per heavy atom. The molecule has 0 aromatic carbocycles. The number of nitrogens with zero attached hydrogens (tertiary/aromatic N) is 6. The fraction of sp³-hybridized carbons (Fsp3) is 0.167. The van der Waals surface area contributed by atoms with Gasteiger partial charge in [0.05, 0.1) is 28.8 Å². The van der Waals surface area contributed by atoms with E-state index in [2.05, 4.69) is 20.3 Å². The number of rotatable bonds is 5. The molecule has 0 atom stereocenters. The van der Waals surface area contributed by atoms with E-state index in [1.165, 1.54) is 4.68 Å². The number of hydrogen-bond donors (Lipinski definition) is 3. The van der Waals surface area contributed by atoms with E-state index in [1.54, 1.807) is 41.9 Å². The van der Waals surface area contributed by atoms with Gasteiger partial charge in [0.2, 0.25) is 0 Å². The first-order valence-corrected chi connectivity index (χ1v) is 9.64. The Bertz CT molecular complexity index is 1380. The molecule has 0 unspecified atom stereocenters. The summed E-state index contributed by atoms with van der Waals surface area (Å²) in [6.45, 7) is 0.195. The van der Waals surface area contributed by atoms with Gasteiger partial charge >= 0.3 is 0 Å². The zero-order valence-electron chi connectivity index (χ0n) is 15.3. The number of aromatic amines is 1. The maximum Gasteiger partial charge on any atom is 0.291 e. The molecule has 5 rings (SSSR count). The Kier molecular flexibility index (Phi) is 4.11. The van der Waals surface area contributed by atoms with Crippen molar-refractivity contribution in [2.75, 3.05) is 5.48 Å². The second-order valence-electron chi connectivity index (χ2n) is 6.56. The van der Waals surface area contributed by atoms with Gasteiger partial charge in [-0.1, -0.05) is 6.07 Å². The molecule has 0 amide bonds. The van der Waals surface area contributed by atoms with Crippen molar-refractivity contribution in [2.45, 2.75) is 13.0 Å². The van der Waals surface area contributed by atoms with Crippen molar-refractivity contribution in [1.82, 2.24) is 34.5 Å². The quantitative estimate of drug-likeness (QED) is 0.379. The number of aromatic nitrogens is 7. The summed E-state index contributed by atoms with van der Waals surface area (Å²) in [6, 6.07) is 7.06. The van der Waals surface area contributed by atoms with Crippen molar-refractivity contribution in [3.63, 3.8) is 0 Å². The minimum absolute atomic E-state index is 0.195. The number of nitrogens with one attached hydrogen (secondary N) is 2. The van der Waals surface area contributed by atoms with E-state index in [0.29, 0.717) is 23.4 Å². The first kappa shape index (κ1) is 17.5. The number of fused-ring (bicyclic) bond motifs is 3. The molecule has 146 valence electrons. The summed E-state index contributed by atoms with van der Waals surface area (Å²) in [5.74, 6) is 0.310. The van der Waals surface area contributed by atoms with Crippen LogP contribution in [0.2, 0.25) is 0 Å². The average molecular weight is 408 g/mol. The maximum atomic E-state index is 13.1. The summed E-state index contributed by atoms with van der Waals surface area (Å²) < 4.78 is 4.11. The predicted octanol–water partition coefficient (Wildman–Crippen LogP) is 1.90. The number of hydrogen-bond acceptors (Lipinski definition) is 8. The van der Waals surface area contributed by atoms with E-state index in [1.807, 2.05) is 23.2 Å². The molecule has 10 nitrogen and oxygen atoms in total. The lowest BCUT2D eigenvalue weighted by Crippen LogP contribution is -2.25. The summed E-state index contributed by atoms with van der Waals surface area (Å²) in [6.07, 6.45) is 4.12. The summed E-state index contributed by atoms with van der Waals surface area (Å²) in [5, 5.41) is 22.0. The number of pyridine rings is 1. The zero-order chi connectivity index (χ0) is 20.0. The van der Waals surface area contributed by atoms with Crippen LogP contribution in [0.1, 0.15) is 16.4 Å². The smallest absolute Gasteiger partial charge is 0.291 e. The molecule has 0 bridgehead atoms. The topological polar surface area (TPSA) is 127 Å². The summed E-state index contributed by atoms with van der Waals surface area (Å²) in [4.78, 5) is 22.0. The van der Waals surface area contributed by atoms with E-state index in [-0.39, 0.29) is 12.1 Å². The van der Waals surface area contributed by atoms with Crippen LogP contribution in [0.15, 0.2) is 41.5 Å². The maximum absolute atomic E-state index is 13.1. The van der Waals surface area contributed by atoms with Gasteiger partial charge in [0.1, 0.15) is 16.3 Å². The molecule has 5 heterocycles. The predicted molar refractivity (Wildman–Crippen MR) is 108 cm³/mol. The summed E-state index contributed by atoms with van der Waals surface area (Å²) in [7, 11) is 1.84. The van der Waals surface area contributed by atoms with Gasteiger partial charge in [-0.2, -0.15) is 10.2 Å². The minimum Gasteiger partial charge on any atom is -0.323 e. The Labute approximate surface area is 167 Å². The third-order valence-corrected chi connectivity index (χ3v) is 5.77. The van der Waals surface area contributed by atoms with Crippen molar-refractivity contribution in [2.24, 2.45) is 7.05 Å². The average Bonchev–Trinajstić information content (AvgIpc) is 3.44. The van der Waals surface area contributed by atoms with Gasteiger partial charge in [-0.05, 0) is 18.2 Å². The number of H-pyrrole nitrogens is 1. The number of aryl methyl sites for hydroxylation is 1. The summed E-state index contributed by atoms with van der Waals surface area (Å²) >= 11 is 1.55. The van der Waals surface area contributed by atoms with E-state index in [9.17, 15) is 4.79 Å². The monoisotopic (exact) mass is 408 g/mol. The van der Waals surface area contributed by atoms with E-state index >= 15 is 0 Å². The number of anilines is 1. The van der Waals surface area contributed by atoms with E-state index in [4.69, 9.17) is 10.2 Å².